The molecule has 0 spiro atoms. The second-order valence-corrected chi connectivity index (χ2v) is 5.15. The molecule has 2 aromatic rings. The minimum atomic E-state index is 0.388. The third-order valence-corrected chi connectivity index (χ3v) is 3.38. The predicted molar refractivity (Wildman–Crippen MR) is 80.8 cm³/mol. The smallest absolute Gasteiger partial charge is 0.125 e. The lowest BCUT2D eigenvalue weighted by molar-refractivity contribution is 0.340. The number of nitriles is 1. The maximum absolute atomic E-state index is 9.41. The first-order chi connectivity index (χ1) is 9.58. The molecule has 1 aromatic heterocycles. The summed E-state index contributed by atoms with van der Waals surface area (Å²) in [6.45, 7) is 7.51. The lowest BCUT2D eigenvalue weighted by atomic mass is 10.1. The molecule has 4 nitrogen and oxygen atoms in total. The zero-order chi connectivity index (χ0) is 14.7. The Labute approximate surface area is 120 Å². The molecule has 1 aromatic carbocycles. The van der Waals surface area contributed by atoms with Gasteiger partial charge in [-0.15, -0.1) is 0 Å². The van der Waals surface area contributed by atoms with Crippen LogP contribution in [0.5, 0.6) is 5.75 Å². The molecule has 4 heteroatoms. The van der Waals surface area contributed by atoms with Gasteiger partial charge >= 0.3 is 0 Å². The summed E-state index contributed by atoms with van der Waals surface area (Å²) in [5.41, 5.74) is 2.80. The highest BCUT2D eigenvalue weighted by Crippen LogP contribution is 2.28. The second-order valence-electron chi connectivity index (χ2n) is 5.15. The van der Waals surface area contributed by atoms with Crippen molar-refractivity contribution >= 4 is 10.9 Å². The number of hydrogen-bond acceptors (Lipinski definition) is 3. The third-order valence-electron chi connectivity index (χ3n) is 3.38. The number of hydrogen-bond donors (Lipinski definition) is 1. The van der Waals surface area contributed by atoms with Crippen LogP contribution in [0.3, 0.4) is 0 Å². The van der Waals surface area contributed by atoms with Gasteiger partial charge in [0.25, 0.3) is 0 Å². The van der Waals surface area contributed by atoms with Gasteiger partial charge in [0, 0.05) is 36.7 Å². The number of rotatable bonds is 5. The summed E-state index contributed by atoms with van der Waals surface area (Å²) in [5, 5.41) is 13.9. The van der Waals surface area contributed by atoms with E-state index in [0.29, 0.717) is 24.9 Å². The van der Waals surface area contributed by atoms with E-state index in [-0.39, 0.29) is 0 Å². The van der Waals surface area contributed by atoms with Crippen LogP contribution in [-0.4, -0.2) is 17.2 Å². The number of nitrogens with one attached hydrogen (secondary N) is 1. The minimum absolute atomic E-state index is 0.388. The van der Waals surface area contributed by atoms with Gasteiger partial charge in [-0.25, -0.2) is 0 Å². The number of ether oxygens (including phenoxy) is 1. The van der Waals surface area contributed by atoms with E-state index in [1.807, 2.05) is 36.7 Å². The molecule has 0 fully saturated rings. The number of aromatic nitrogens is 1. The third kappa shape index (κ3) is 2.63. The Morgan fingerprint density at radius 1 is 1.40 bits per heavy atom. The van der Waals surface area contributed by atoms with Crippen molar-refractivity contribution in [3.8, 4) is 11.8 Å². The van der Waals surface area contributed by atoms with Crippen molar-refractivity contribution < 1.29 is 4.74 Å². The van der Waals surface area contributed by atoms with Gasteiger partial charge in [-0.1, -0.05) is 13.8 Å². The standard InChI is InChI=1S/C16H21N3O/c1-5-20-12-6-7-13-14(10-18-11(2)3)16(9-17)19(4)15(13)8-12/h6-8,11,18H,5,10H2,1-4H3. The maximum Gasteiger partial charge on any atom is 0.125 e. The van der Waals surface area contributed by atoms with E-state index >= 15 is 0 Å². The molecule has 106 valence electrons. The lowest BCUT2D eigenvalue weighted by Gasteiger charge is -2.07. The molecule has 0 aliphatic carbocycles. The van der Waals surface area contributed by atoms with Crippen molar-refractivity contribution in [2.75, 3.05) is 6.61 Å². The zero-order valence-electron chi connectivity index (χ0n) is 12.5. The van der Waals surface area contributed by atoms with Crippen LogP contribution in [-0.2, 0) is 13.6 Å². The van der Waals surface area contributed by atoms with E-state index in [0.717, 1.165) is 22.2 Å². The molecule has 0 saturated heterocycles. The van der Waals surface area contributed by atoms with Crippen molar-refractivity contribution in [1.29, 1.82) is 5.26 Å². The van der Waals surface area contributed by atoms with E-state index in [4.69, 9.17) is 4.74 Å². The lowest BCUT2D eigenvalue weighted by Crippen LogP contribution is -2.22. The first-order valence-electron chi connectivity index (χ1n) is 6.96. The summed E-state index contributed by atoms with van der Waals surface area (Å²) in [6, 6.07) is 8.70. The Morgan fingerprint density at radius 2 is 2.15 bits per heavy atom. The van der Waals surface area contributed by atoms with Crippen LogP contribution >= 0.6 is 0 Å². The van der Waals surface area contributed by atoms with E-state index < -0.39 is 0 Å². The van der Waals surface area contributed by atoms with Crippen LogP contribution in [0.25, 0.3) is 10.9 Å². The molecule has 0 unspecified atom stereocenters. The zero-order valence-corrected chi connectivity index (χ0v) is 12.5. The molecule has 0 saturated carbocycles. The van der Waals surface area contributed by atoms with Gasteiger partial charge < -0.3 is 14.6 Å². The molecule has 0 amide bonds. The highest BCUT2D eigenvalue weighted by atomic mass is 16.5. The average Bonchev–Trinajstić information content (AvgIpc) is 2.69. The van der Waals surface area contributed by atoms with Crippen molar-refractivity contribution in [3.63, 3.8) is 0 Å². The van der Waals surface area contributed by atoms with E-state index in [9.17, 15) is 5.26 Å². The van der Waals surface area contributed by atoms with Crippen molar-refractivity contribution in [2.24, 2.45) is 7.05 Å². The summed E-state index contributed by atoms with van der Waals surface area (Å²) in [7, 11) is 1.93. The van der Waals surface area contributed by atoms with Gasteiger partial charge in [0.1, 0.15) is 17.5 Å². The molecule has 2 rings (SSSR count). The van der Waals surface area contributed by atoms with Crippen molar-refractivity contribution in [1.82, 2.24) is 9.88 Å². The SMILES string of the molecule is CCOc1ccc2c(CNC(C)C)c(C#N)n(C)c2c1. The van der Waals surface area contributed by atoms with Gasteiger partial charge in [0.05, 0.1) is 12.1 Å². The Kier molecular flexibility index (Phi) is 4.31. The van der Waals surface area contributed by atoms with Gasteiger partial charge in [0.2, 0.25) is 0 Å². The molecule has 0 aliphatic rings. The van der Waals surface area contributed by atoms with E-state index in [2.05, 4.69) is 25.2 Å². The van der Waals surface area contributed by atoms with Crippen LogP contribution in [0.4, 0.5) is 0 Å². The average molecular weight is 271 g/mol. The fourth-order valence-corrected chi connectivity index (χ4v) is 2.38. The maximum atomic E-state index is 9.41. The van der Waals surface area contributed by atoms with E-state index in [1.54, 1.807) is 0 Å². The first kappa shape index (κ1) is 14.4. The second kappa shape index (κ2) is 5.98. The Hall–Kier alpha value is -1.99. The highest BCUT2D eigenvalue weighted by Gasteiger charge is 2.15. The largest absolute Gasteiger partial charge is 0.494 e. The van der Waals surface area contributed by atoms with E-state index in [1.165, 1.54) is 0 Å². The van der Waals surface area contributed by atoms with Crippen LogP contribution in [0.15, 0.2) is 18.2 Å². The monoisotopic (exact) mass is 271 g/mol. The quantitative estimate of drug-likeness (QED) is 0.909. The first-order valence-corrected chi connectivity index (χ1v) is 6.96. The van der Waals surface area contributed by atoms with Crippen LogP contribution in [0.1, 0.15) is 32.0 Å². The van der Waals surface area contributed by atoms with Gasteiger partial charge in [-0.05, 0) is 19.1 Å². The Bertz CT molecular complexity index is 650. The molecule has 20 heavy (non-hydrogen) atoms. The van der Waals surface area contributed by atoms with Crippen LogP contribution in [0.2, 0.25) is 0 Å². The van der Waals surface area contributed by atoms with Gasteiger partial charge in [0.15, 0.2) is 0 Å². The number of aryl methyl sites for hydroxylation is 1. The normalized spacial score (nSPS) is 11.0. The Balaban J connectivity index is 2.53. The molecule has 1 N–H and O–H groups in total. The summed E-state index contributed by atoms with van der Waals surface area (Å²) in [6.07, 6.45) is 0. The number of nitrogens with zero attached hydrogens (tertiary/aromatic N) is 2. The molecule has 0 bridgehead atoms. The van der Waals surface area contributed by atoms with Gasteiger partial charge in [-0.2, -0.15) is 5.26 Å². The molecular weight excluding hydrogens is 250 g/mol. The van der Waals surface area contributed by atoms with Crippen molar-refractivity contribution in [2.45, 2.75) is 33.4 Å². The minimum Gasteiger partial charge on any atom is -0.494 e. The molecule has 0 radical (unpaired) electrons. The fourth-order valence-electron chi connectivity index (χ4n) is 2.38. The highest BCUT2D eigenvalue weighted by molar-refractivity contribution is 5.87. The molecule has 0 atom stereocenters. The fraction of sp³-hybridized carbons (Fsp3) is 0.438. The Morgan fingerprint density at radius 3 is 2.75 bits per heavy atom. The molecular formula is C16H21N3O. The summed E-state index contributed by atoms with van der Waals surface area (Å²) in [5.74, 6) is 0.841. The summed E-state index contributed by atoms with van der Waals surface area (Å²) < 4.78 is 7.48. The predicted octanol–water partition coefficient (Wildman–Crippen LogP) is 2.95. The molecule has 1 heterocycles. The summed E-state index contributed by atoms with van der Waals surface area (Å²) in [4.78, 5) is 0. The number of fused-ring (bicyclic) bond motifs is 1. The molecule has 0 aliphatic heterocycles. The van der Waals surface area contributed by atoms with Gasteiger partial charge in [-0.3, -0.25) is 0 Å². The van der Waals surface area contributed by atoms with Crippen molar-refractivity contribution in [3.05, 3.63) is 29.5 Å². The van der Waals surface area contributed by atoms with Crippen LogP contribution < -0.4 is 10.1 Å². The van der Waals surface area contributed by atoms with Crippen LogP contribution in [0, 0.1) is 11.3 Å². The number of benzene rings is 1. The summed E-state index contributed by atoms with van der Waals surface area (Å²) >= 11 is 0. The topological polar surface area (TPSA) is 50.0 Å².